The quantitative estimate of drug-likeness (QED) is 0.361. The summed E-state index contributed by atoms with van der Waals surface area (Å²) < 4.78 is 65.5. The number of nitrogens with zero attached hydrogens (tertiary/aromatic N) is 4. The van der Waals surface area contributed by atoms with E-state index in [0.29, 0.717) is 35.4 Å². The van der Waals surface area contributed by atoms with E-state index in [9.17, 15) is 26.9 Å². The van der Waals surface area contributed by atoms with Crippen LogP contribution in [0.15, 0.2) is 60.0 Å². The Balaban J connectivity index is 2.15. The van der Waals surface area contributed by atoms with Gasteiger partial charge in [0.2, 0.25) is 10.0 Å². The first-order chi connectivity index (χ1) is 17.9. The normalized spacial score (nSPS) is 14.4. The summed E-state index contributed by atoms with van der Waals surface area (Å²) in [5.41, 5.74) is 4.34. The first kappa shape index (κ1) is 28.9. The van der Waals surface area contributed by atoms with E-state index in [-0.39, 0.29) is 5.92 Å². The van der Waals surface area contributed by atoms with Crippen molar-refractivity contribution < 1.29 is 21.6 Å². The van der Waals surface area contributed by atoms with Gasteiger partial charge in [0.05, 0.1) is 17.0 Å². The number of halogens is 3. The van der Waals surface area contributed by atoms with Crippen LogP contribution in [-0.2, 0) is 16.4 Å². The molecule has 7 nitrogen and oxygen atoms in total. The highest BCUT2D eigenvalue weighted by molar-refractivity contribution is 7.89. The van der Waals surface area contributed by atoms with Gasteiger partial charge in [-0.25, -0.2) is 8.42 Å². The number of pyridine rings is 3. The van der Waals surface area contributed by atoms with E-state index < -0.39 is 27.1 Å². The Kier molecular flexibility index (Phi) is 9.01. The number of aryl methyl sites for hydroxylation is 2. The minimum absolute atomic E-state index is 0.213. The van der Waals surface area contributed by atoms with Crippen LogP contribution in [0.4, 0.5) is 13.2 Å². The Bertz CT molecular complexity index is 1450. The molecule has 3 aromatic heterocycles. The molecule has 0 spiro atoms. The fraction of sp³-hybridized carbons (Fsp3) is 0.333. The van der Waals surface area contributed by atoms with Gasteiger partial charge in [-0.05, 0) is 74.4 Å². The summed E-state index contributed by atoms with van der Waals surface area (Å²) in [4.78, 5) is 12.6. The molecule has 0 saturated heterocycles. The summed E-state index contributed by atoms with van der Waals surface area (Å²) >= 11 is 0. The van der Waals surface area contributed by atoms with Gasteiger partial charge in [0.25, 0.3) is 0 Å². The van der Waals surface area contributed by atoms with E-state index in [0.717, 1.165) is 29.8 Å². The third-order valence-corrected chi connectivity index (χ3v) is 7.61. The number of nitriles is 1. The highest BCUT2D eigenvalue weighted by Crippen LogP contribution is 2.36. The molecule has 0 bridgehead atoms. The van der Waals surface area contributed by atoms with Gasteiger partial charge in [-0.1, -0.05) is 19.1 Å². The van der Waals surface area contributed by atoms with E-state index >= 15 is 0 Å². The number of hydrogen-bond donors (Lipinski definition) is 1. The van der Waals surface area contributed by atoms with Gasteiger partial charge < -0.3 is 0 Å². The Labute approximate surface area is 220 Å². The standard InChI is InChI=1S/C27H28F3N5O2S/c1-5-21(12-20-7-6-10-32-15-20)25(23(13-31)26-18(3)11-17(2)14-34-26)24-9-8-22(16-33-24)38(36,37)35-19(4)27(28,29)30/h6-11,14-16,19,21,35H,5,12H2,1-4H3. The third-order valence-electron chi connectivity index (χ3n) is 6.08. The van der Waals surface area contributed by atoms with Crippen LogP contribution in [0.25, 0.3) is 11.1 Å². The molecule has 2 unspecified atom stereocenters. The largest absolute Gasteiger partial charge is 0.404 e. The van der Waals surface area contributed by atoms with Gasteiger partial charge in [-0.15, -0.1) is 0 Å². The van der Waals surface area contributed by atoms with Gasteiger partial charge in [-0.3, -0.25) is 15.0 Å². The first-order valence-corrected chi connectivity index (χ1v) is 13.4. The predicted molar refractivity (Wildman–Crippen MR) is 138 cm³/mol. The molecule has 0 amide bonds. The number of nitrogens with one attached hydrogen (secondary N) is 1. The summed E-state index contributed by atoms with van der Waals surface area (Å²) in [6.07, 6.45) is 2.47. The van der Waals surface area contributed by atoms with Crippen LogP contribution in [0, 0.1) is 31.1 Å². The van der Waals surface area contributed by atoms with E-state index in [2.05, 4.69) is 21.0 Å². The summed E-state index contributed by atoms with van der Waals surface area (Å²) in [5, 5.41) is 10.3. The molecule has 0 fully saturated rings. The Morgan fingerprint density at radius 1 is 1.13 bits per heavy atom. The fourth-order valence-corrected chi connectivity index (χ4v) is 5.25. The van der Waals surface area contributed by atoms with Crippen molar-refractivity contribution in [3.05, 3.63) is 83.2 Å². The predicted octanol–water partition coefficient (Wildman–Crippen LogP) is 5.42. The van der Waals surface area contributed by atoms with E-state index in [1.807, 2.05) is 39.0 Å². The lowest BCUT2D eigenvalue weighted by molar-refractivity contribution is -0.147. The van der Waals surface area contributed by atoms with Gasteiger partial charge in [0.1, 0.15) is 17.0 Å². The van der Waals surface area contributed by atoms with Crippen LogP contribution in [0.1, 0.15) is 48.3 Å². The molecule has 200 valence electrons. The van der Waals surface area contributed by atoms with Gasteiger partial charge in [0.15, 0.2) is 0 Å². The molecule has 0 aromatic carbocycles. The SMILES string of the molecule is CCC(Cc1cccnc1)C(=C(C#N)c1ncc(C)cc1C)c1ccc(S(=O)(=O)NC(C)C(F)(F)F)cn1. The minimum Gasteiger partial charge on any atom is -0.264 e. The topological polar surface area (TPSA) is 109 Å². The summed E-state index contributed by atoms with van der Waals surface area (Å²) in [7, 11) is -4.48. The average Bonchev–Trinajstić information content (AvgIpc) is 2.86. The maximum atomic E-state index is 12.9. The highest BCUT2D eigenvalue weighted by Gasteiger charge is 2.39. The number of aromatic nitrogens is 3. The number of allylic oxidation sites excluding steroid dienone is 2. The smallest absolute Gasteiger partial charge is 0.264 e. The molecule has 3 rings (SSSR count). The second kappa shape index (κ2) is 11.8. The molecule has 0 aliphatic carbocycles. The average molecular weight is 544 g/mol. The number of rotatable bonds is 9. The maximum Gasteiger partial charge on any atom is 0.404 e. The number of hydrogen-bond acceptors (Lipinski definition) is 6. The van der Waals surface area contributed by atoms with Crippen molar-refractivity contribution in [2.75, 3.05) is 0 Å². The number of sulfonamides is 1. The van der Waals surface area contributed by atoms with Crippen molar-refractivity contribution >= 4 is 21.2 Å². The van der Waals surface area contributed by atoms with E-state index in [1.54, 1.807) is 23.3 Å². The molecule has 0 radical (unpaired) electrons. The molecule has 38 heavy (non-hydrogen) atoms. The van der Waals surface area contributed by atoms with Crippen molar-refractivity contribution in [2.24, 2.45) is 5.92 Å². The second-order valence-electron chi connectivity index (χ2n) is 9.01. The molecule has 11 heteroatoms. The Morgan fingerprint density at radius 3 is 2.39 bits per heavy atom. The molecule has 0 saturated carbocycles. The van der Waals surface area contributed by atoms with Crippen LogP contribution in [0.5, 0.6) is 0 Å². The van der Waals surface area contributed by atoms with Crippen molar-refractivity contribution in [3.8, 4) is 6.07 Å². The van der Waals surface area contributed by atoms with Gasteiger partial charge in [-0.2, -0.15) is 23.2 Å². The Morgan fingerprint density at radius 2 is 1.87 bits per heavy atom. The van der Waals surface area contributed by atoms with Crippen molar-refractivity contribution in [1.29, 1.82) is 5.26 Å². The lowest BCUT2D eigenvalue weighted by Gasteiger charge is -2.22. The monoisotopic (exact) mass is 543 g/mol. The molecule has 0 aliphatic heterocycles. The summed E-state index contributed by atoms with van der Waals surface area (Å²) in [5.74, 6) is -0.213. The van der Waals surface area contributed by atoms with Crippen molar-refractivity contribution in [1.82, 2.24) is 19.7 Å². The van der Waals surface area contributed by atoms with Gasteiger partial charge >= 0.3 is 6.18 Å². The zero-order chi connectivity index (χ0) is 28.1. The van der Waals surface area contributed by atoms with Crippen LogP contribution >= 0.6 is 0 Å². The van der Waals surface area contributed by atoms with Crippen LogP contribution in [0.3, 0.4) is 0 Å². The lowest BCUT2D eigenvalue weighted by atomic mass is 9.83. The van der Waals surface area contributed by atoms with Gasteiger partial charge in [0, 0.05) is 30.4 Å². The highest BCUT2D eigenvalue weighted by atomic mass is 32.2. The van der Waals surface area contributed by atoms with E-state index in [1.165, 1.54) is 12.1 Å². The minimum atomic E-state index is -4.74. The molecular weight excluding hydrogens is 515 g/mol. The molecule has 3 aromatic rings. The maximum absolute atomic E-state index is 12.9. The molecule has 3 heterocycles. The molecule has 0 aliphatic rings. The third kappa shape index (κ3) is 6.82. The summed E-state index contributed by atoms with van der Waals surface area (Å²) in [6, 6.07) is 8.25. The van der Waals surface area contributed by atoms with Crippen LogP contribution in [-0.4, -0.2) is 35.6 Å². The Hall–Kier alpha value is -3.62. The molecular formula is C27H28F3N5O2S. The second-order valence-corrected chi connectivity index (χ2v) is 10.7. The zero-order valence-corrected chi connectivity index (χ0v) is 22.2. The lowest BCUT2D eigenvalue weighted by Crippen LogP contribution is -2.42. The molecule has 2 atom stereocenters. The first-order valence-electron chi connectivity index (χ1n) is 11.9. The summed E-state index contributed by atoms with van der Waals surface area (Å²) in [6.45, 7) is 6.43. The van der Waals surface area contributed by atoms with Crippen LogP contribution in [0.2, 0.25) is 0 Å². The van der Waals surface area contributed by atoms with Crippen molar-refractivity contribution in [2.45, 2.75) is 57.7 Å². The molecule has 1 N–H and O–H groups in total. The fourth-order valence-electron chi connectivity index (χ4n) is 4.08. The van der Waals surface area contributed by atoms with E-state index in [4.69, 9.17) is 0 Å². The zero-order valence-electron chi connectivity index (χ0n) is 21.4. The number of alkyl halides is 3. The van der Waals surface area contributed by atoms with Crippen LogP contribution < -0.4 is 4.72 Å². The van der Waals surface area contributed by atoms with Crippen molar-refractivity contribution in [3.63, 3.8) is 0 Å².